The fraction of sp³-hybridized carbons (Fsp3) is 0.643. The molecule has 1 saturated carbocycles. The van der Waals surface area contributed by atoms with Gasteiger partial charge in [0.25, 0.3) is 0 Å². The molecular formula is C14H23N3. The molecule has 0 aromatic carbocycles. The second-order valence-electron chi connectivity index (χ2n) is 5.38. The van der Waals surface area contributed by atoms with Crippen LogP contribution in [0, 0.1) is 5.92 Å². The van der Waals surface area contributed by atoms with Crippen molar-refractivity contribution in [2.75, 3.05) is 12.8 Å². The second kappa shape index (κ2) is 5.50. The summed E-state index contributed by atoms with van der Waals surface area (Å²) in [6.45, 7) is 3.27. The molecule has 0 amide bonds. The third-order valence-corrected chi connectivity index (χ3v) is 3.95. The number of nitrogens with zero attached hydrogens (tertiary/aromatic N) is 2. The van der Waals surface area contributed by atoms with Crippen molar-refractivity contribution in [2.45, 2.75) is 45.2 Å². The SMILES string of the molecule is CC1CCC(N(C)Cc2cccnc2N)CC1. The summed E-state index contributed by atoms with van der Waals surface area (Å²) in [6, 6.07) is 4.75. The van der Waals surface area contributed by atoms with Gasteiger partial charge in [-0.3, -0.25) is 4.90 Å². The molecule has 0 bridgehead atoms. The summed E-state index contributed by atoms with van der Waals surface area (Å²) in [5.74, 6) is 1.58. The minimum Gasteiger partial charge on any atom is -0.383 e. The highest BCUT2D eigenvalue weighted by Gasteiger charge is 2.21. The van der Waals surface area contributed by atoms with E-state index in [0.29, 0.717) is 11.9 Å². The van der Waals surface area contributed by atoms with E-state index in [4.69, 9.17) is 5.73 Å². The van der Waals surface area contributed by atoms with Gasteiger partial charge in [-0.2, -0.15) is 0 Å². The van der Waals surface area contributed by atoms with Gasteiger partial charge in [0.1, 0.15) is 5.82 Å². The Labute approximate surface area is 104 Å². The van der Waals surface area contributed by atoms with Gasteiger partial charge in [-0.1, -0.05) is 13.0 Å². The summed E-state index contributed by atoms with van der Waals surface area (Å²) in [5, 5.41) is 0. The van der Waals surface area contributed by atoms with Gasteiger partial charge in [0, 0.05) is 24.3 Å². The van der Waals surface area contributed by atoms with Crippen molar-refractivity contribution in [3.05, 3.63) is 23.9 Å². The molecule has 0 atom stereocenters. The smallest absolute Gasteiger partial charge is 0.127 e. The van der Waals surface area contributed by atoms with Crippen LogP contribution in [0.4, 0.5) is 5.82 Å². The third-order valence-electron chi connectivity index (χ3n) is 3.95. The third kappa shape index (κ3) is 3.19. The lowest BCUT2D eigenvalue weighted by Crippen LogP contribution is -2.34. The molecular weight excluding hydrogens is 210 g/mol. The Morgan fingerprint density at radius 3 is 2.71 bits per heavy atom. The number of pyridine rings is 1. The molecule has 3 nitrogen and oxygen atoms in total. The number of rotatable bonds is 3. The topological polar surface area (TPSA) is 42.2 Å². The van der Waals surface area contributed by atoms with Crippen LogP contribution in [0.15, 0.2) is 18.3 Å². The van der Waals surface area contributed by atoms with E-state index in [1.807, 2.05) is 6.07 Å². The molecule has 94 valence electrons. The minimum atomic E-state index is 0.670. The number of aromatic nitrogens is 1. The van der Waals surface area contributed by atoms with E-state index in [-0.39, 0.29) is 0 Å². The van der Waals surface area contributed by atoms with Crippen LogP contribution in [0.3, 0.4) is 0 Å². The number of hydrogen-bond donors (Lipinski definition) is 1. The number of hydrogen-bond acceptors (Lipinski definition) is 3. The Balaban J connectivity index is 1.93. The quantitative estimate of drug-likeness (QED) is 0.872. The normalized spacial score (nSPS) is 25.1. The molecule has 0 spiro atoms. The van der Waals surface area contributed by atoms with Crippen molar-refractivity contribution in [3.63, 3.8) is 0 Å². The van der Waals surface area contributed by atoms with Gasteiger partial charge >= 0.3 is 0 Å². The van der Waals surface area contributed by atoms with Crippen LogP contribution in [-0.4, -0.2) is 23.0 Å². The first kappa shape index (κ1) is 12.4. The van der Waals surface area contributed by atoms with Crippen LogP contribution < -0.4 is 5.73 Å². The average molecular weight is 233 g/mol. The van der Waals surface area contributed by atoms with Crippen molar-refractivity contribution in [2.24, 2.45) is 5.92 Å². The summed E-state index contributed by atoms with van der Waals surface area (Å²) >= 11 is 0. The van der Waals surface area contributed by atoms with Crippen LogP contribution >= 0.6 is 0 Å². The minimum absolute atomic E-state index is 0.670. The van der Waals surface area contributed by atoms with E-state index >= 15 is 0 Å². The lowest BCUT2D eigenvalue weighted by Gasteiger charge is -2.33. The van der Waals surface area contributed by atoms with Crippen LogP contribution in [0.2, 0.25) is 0 Å². The van der Waals surface area contributed by atoms with E-state index in [1.54, 1.807) is 6.20 Å². The first-order chi connectivity index (χ1) is 8.16. The molecule has 1 aromatic heterocycles. The number of nitrogens with two attached hydrogens (primary N) is 1. The molecule has 1 aliphatic carbocycles. The Morgan fingerprint density at radius 1 is 1.35 bits per heavy atom. The fourth-order valence-electron chi connectivity index (χ4n) is 2.67. The first-order valence-electron chi connectivity index (χ1n) is 6.56. The molecule has 1 aromatic rings. The highest BCUT2D eigenvalue weighted by atomic mass is 15.1. The zero-order valence-electron chi connectivity index (χ0n) is 10.9. The molecule has 1 fully saturated rings. The zero-order valence-corrected chi connectivity index (χ0v) is 10.9. The zero-order chi connectivity index (χ0) is 12.3. The fourth-order valence-corrected chi connectivity index (χ4v) is 2.67. The van der Waals surface area contributed by atoms with Gasteiger partial charge < -0.3 is 5.73 Å². The molecule has 2 N–H and O–H groups in total. The van der Waals surface area contributed by atoms with Crippen LogP contribution in [-0.2, 0) is 6.54 Å². The van der Waals surface area contributed by atoms with Gasteiger partial charge in [0.15, 0.2) is 0 Å². The Kier molecular flexibility index (Phi) is 4.00. The maximum absolute atomic E-state index is 5.88. The highest BCUT2D eigenvalue weighted by Crippen LogP contribution is 2.27. The van der Waals surface area contributed by atoms with Gasteiger partial charge in [0.05, 0.1) is 0 Å². The average Bonchev–Trinajstić information content (AvgIpc) is 2.33. The molecule has 1 heterocycles. The van der Waals surface area contributed by atoms with Crippen LogP contribution in [0.25, 0.3) is 0 Å². The molecule has 0 radical (unpaired) electrons. The largest absolute Gasteiger partial charge is 0.383 e. The Bertz CT molecular complexity index is 356. The maximum atomic E-state index is 5.88. The molecule has 0 saturated heterocycles. The van der Waals surface area contributed by atoms with Crippen molar-refractivity contribution in [3.8, 4) is 0 Å². The molecule has 3 heteroatoms. The number of anilines is 1. The highest BCUT2D eigenvalue weighted by molar-refractivity contribution is 5.38. The molecule has 0 unspecified atom stereocenters. The Hall–Kier alpha value is -1.09. The van der Waals surface area contributed by atoms with Gasteiger partial charge in [-0.15, -0.1) is 0 Å². The van der Waals surface area contributed by atoms with Crippen LogP contribution in [0.1, 0.15) is 38.2 Å². The number of nitrogen functional groups attached to an aromatic ring is 1. The summed E-state index contributed by atoms with van der Waals surface area (Å²) < 4.78 is 0. The molecule has 17 heavy (non-hydrogen) atoms. The lowest BCUT2D eigenvalue weighted by molar-refractivity contribution is 0.164. The van der Waals surface area contributed by atoms with E-state index < -0.39 is 0 Å². The van der Waals surface area contributed by atoms with Crippen LogP contribution in [0.5, 0.6) is 0 Å². The Morgan fingerprint density at radius 2 is 2.06 bits per heavy atom. The van der Waals surface area contributed by atoms with Crippen molar-refractivity contribution < 1.29 is 0 Å². The lowest BCUT2D eigenvalue weighted by atomic mass is 9.86. The monoisotopic (exact) mass is 233 g/mol. The molecule has 2 rings (SSSR count). The molecule has 0 aliphatic heterocycles. The predicted molar refractivity (Wildman–Crippen MR) is 71.5 cm³/mol. The second-order valence-corrected chi connectivity index (χ2v) is 5.38. The summed E-state index contributed by atoms with van der Waals surface area (Å²) in [5.41, 5.74) is 7.03. The van der Waals surface area contributed by atoms with Gasteiger partial charge in [0.2, 0.25) is 0 Å². The van der Waals surface area contributed by atoms with Crippen molar-refractivity contribution in [1.29, 1.82) is 0 Å². The van der Waals surface area contributed by atoms with Crippen molar-refractivity contribution >= 4 is 5.82 Å². The predicted octanol–water partition coefficient (Wildman–Crippen LogP) is 2.67. The van der Waals surface area contributed by atoms with E-state index in [2.05, 4.69) is 29.9 Å². The summed E-state index contributed by atoms with van der Waals surface area (Å²) in [6.07, 6.45) is 7.10. The summed E-state index contributed by atoms with van der Waals surface area (Å²) in [7, 11) is 2.20. The standard InChI is InChI=1S/C14H23N3/c1-11-5-7-13(8-6-11)17(2)10-12-4-3-9-16-14(12)15/h3-4,9,11,13H,5-8,10H2,1-2H3,(H2,15,16). The van der Waals surface area contributed by atoms with E-state index in [0.717, 1.165) is 18.0 Å². The van der Waals surface area contributed by atoms with E-state index in [9.17, 15) is 0 Å². The van der Waals surface area contributed by atoms with Crippen molar-refractivity contribution in [1.82, 2.24) is 9.88 Å². The first-order valence-corrected chi connectivity index (χ1v) is 6.56. The summed E-state index contributed by atoms with van der Waals surface area (Å²) in [4.78, 5) is 6.57. The van der Waals surface area contributed by atoms with E-state index in [1.165, 1.54) is 25.7 Å². The van der Waals surface area contributed by atoms with Gasteiger partial charge in [-0.25, -0.2) is 4.98 Å². The maximum Gasteiger partial charge on any atom is 0.127 e. The van der Waals surface area contributed by atoms with Gasteiger partial charge in [-0.05, 0) is 44.7 Å². The molecule has 1 aliphatic rings.